The highest BCUT2D eigenvalue weighted by Gasteiger charge is 2.39. The van der Waals surface area contributed by atoms with Crippen LogP contribution in [0, 0.1) is 12.4 Å². The Kier molecular flexibility index (Phi) is 7.37. The Morgan fingerprint density at radius 2 is 2.05 bits per heavy atom. The molecule has 5 rings (SSSR count). The first kappa shape index (κ1) is 27.8. The number of hydrogen-bond donors (Lipinski definition) is 0. The summed E-state index contributed by atoms with van der Waals surface area (Å²) >= 11 is 9.65. The van der Waals surface area contributed by atoms with Gasteiger partial charge in [-0.1, -0.05) is 16.8 Å². The van der Waals surface area contributed by atoms with Crippen LogP contribution < -0.4 is 4.90 Å². The largest absolute Gasteiger partial charge is 0.444 e. The molecular formula is C26H31BrClFN8O2. The van der Waals surface area contributed by atoms with Crippen molar-refractivity contribution < 1.29 is 13.9 Å². The highest BCUT2D eigenvalue weighted by Crippen LogP contribution is 2.40. The number of halogens is 3. The zero-order valence-electron chi connectivity index (χ0n) is 22.6. The van der Waals surface area contributed by atoms with Gasteiger partial charge in [-0.2, -0.15) is 0 Å². The van der Waals surface area contributed by atoms with Crippen LogP contribution in [0.1, 0.15) is 39.7 Å². The van der Waals surface area contributed by atoms with Crippen LogP contribution >= 0.6 is 27.5 Å². The SMILES string of the molecule is [C-]#[N+]C[C@@H]1C[C@@H](n2nnc3c(N4CC(N(C)C)C4)nc4c(F)c(Br)c(Cl)cc4c32)CCN1C(=O)OC(C)(C)C. The fourth-order valence-corrected chi connectivity index (χ4v) is 5.75. The molecule has 0 radical (unpaired) electrons. The van der Waals surface area contributed by atoms with Gasteiger partial charge in [0.2, 0.25) is 6.54 Å². The van der Waals surface area contributed by atoms with Crippen LogP contribution in [0.3, 0.4) is 0 Å². The Hall–Kier alpha value is -2.75. The van der Waals surface area contributed by atoms with Gasteiger partial charge in [-0.3, -0.25) is 4.90 Å². The van der Waals surface area contributed by atoms with Crippen LogP contribution in [0.25, 0.3) is 26.8 Å². The number of piperidine rings is 1. The molecule has 2 atom stereocenters. The van der Waals surface area contributed by atoms with Gasteiger partial charge >= 0.3 is 6.09 Å². The topological polar surface area (TPSA) is 84.0 Å². The van der Waals surface area contributed by atoms with Gasteiger partial charge in [-0.05, 0) is 69.7 Å². The highest BCUT2D eigenvalue weighted by atomic mass is 79.9. The number of nitrogens with zero attached hydrogens (tertiary/aromatic N) is 8. The third kappa shape index (κ3) is 5.12. The summed E-state index contributed by atoms with van der Waals surface area (Å²) in [4.78, 5) is 27.1. The smallest absolute Gasteiger partial charge is 0.410 e. The summed E-state index contributed by atoms with van der Waals surface area (Å²) in [6.07, 6.45) is 0.630. The first-order valence-electron chi connectivity index (χ1n) is 12.9. The number of carbonyl (C=O) groups excluding carboxylic acids is 1. The second-order valence-electron chi connectivity index (χ2n) is 11.4. The molecule has 2 aromatic heterocycles. The first-order chi connectivity index (χ1) is 18.4. The molecule has 2 fully saturated rings. The van der Waals surface area contributed by atoms with Gasteiger partial charge in [0.05, 0.1) is 15.5 Å². The van der Waals surface area contributed by atoms with E-state index < -0.39 is 17.5 Å². The number of rotatable bonds is 4. The summed E-state index contributed by atoms with van der Waals surface area (Å²) in [5, 5.41) is 9.80. The molecule has 2 aliphatic heterocycles. The molecule has 2 aliphatic rings. The maximum Gasteiger partial charge on any atom is 0.410 e. The number of pyridine rings is 1. The predicted molar refractivity (Wildman–Crippen MR) is 152 cm³/mol. The normalized spacial score (nSPS) is 20.5. The molecule has 0 unspecified atom stereocenters. The van der Waals surface area contributed by atoms with Crippen LogP contribution in [0.15, 0.2) is 10.5 Å². The second-order valence-corrected chi connectivity index (χ2v) is 12.6. The molecule has 0 saturated carbocycles. The minimum atomic E-state index is -0.638. The Labute approximate surface area is 239 Å². The maximum atomic E-state index is 15.5. The van der Waals surface area contributed by atoms with Gasteiger partial charge in [-0.25, -0.2) is 25.4 Å². The van der Waals surface area contributed by atoms with Crippen molar-refractivity contribution in [2.75, 3.05) is 45.2 Å². The van der Waals surface area contributed by atoms with Crippen molar-refractivity contribution in [1.82, 2.24) is 29.8 Å². The van der Waals surface area contributed by atoms with Crippen LogP contribution in [-0.2, 0) is 4.74 Å². The molecule has 10 nitrogen and oxygen atoms in total. The zero-order valence-corrected chi connectivity index (χ0v) is 24.9. The Morgan fingerprint density at radius 1 is 1.33 bits per heavy atom. The van der Waals surface area contributed by atoms with E-state index in [0.29, 0.717) is 47.7 Å². The van der Waals surface area contributed by atoms with E-state index in [0.717, 1.165) is 13.1 Å². The number of carbonyl (C=O) groups is 1. The number of aromatic nitrogens is 4. The third-order valence-electron chi connectivity index (χ3n) is 7.37. The third-order valence-corrected chi connectivity index (χ3v) is 8.67. The molecular weight excluding hydrogens is 591 g/mol. The molecule has 0 aliphatic carbocycles. The Bertz CT molecular complexity index is 1480. The number of likely N-dealkylation sites (tertiary alicyclic amines) is 1. The maximum absolute atomic E-state index is 15.5. The van der Waals surface area contributed by atoms with Gasteiger partial charge < -0.3 is 19.4 Å². The van der Waals surface area contributed by atoms with Crippen molar-refractivity contribution in [1.29, 1.82) is 0 Å². The fourth-order valence-electron chi connectivity index (χ4n) is 5.25. The van der Waals surface area contributed by atoms with E-state index in [9.17, 15) is 4.79 Å². The number of benzene rings is 1. The van der Waals surface area contributed by atoms with Crippen LogP contribution in [0.5, 0.6) is 0 Å². The minimum Gasteiger partial charge on any atom is -0.444 e. The van der Waals surface area contributed by atoms with Crippen molar-refractivity contribution in [3.63, 3.8) is 0 Å². The molecule has 0 N–H and O–H groups in total. The summed E-state index contributed by atoms with van der Waals surface area (Å²) in [6.45, 7) is 15.0. The summed E-state index contributed by atoms with van der Waals surface area (Å²) in [5.74, 6) is 0.0441. The second kappa shape index (κ2) is 10.3. The quantitative estimate of drug-likeness (QED) is 0.295. The van der Waals surface area contributed by atoms with Gasteiger partial charge in [0.1, 0.15) is 22.7 Å². The molecule has 13 heteroatoms. The molecule has 3 aromatic rings. The predicted octanol–water partition coefficient (Wildman–Crippen LogP) is 5.14. The lowest BCUT2D eigenvalue weighted by molar-refractivity contribution is 0.00706. The lowest BCUT2D eigenvalue weighted by Gasteiger charge is -2.43. The van der Waals surface area contributed by atoms with E-state index in [1.807, 2.05) is 34.9 Å². The standard InChI is InChI=1S/C26H31BrClFN8O2/c1-26(2,3)39-25(38)36-8-7-14(9-15(36)11-30-4)37-23-17-10-18(28)19(27)20(29)21(17)31-24(22(23)32-33-37)35-12-16(13-35)34(5)6/h10,14-16H,7-9,11-13H2,1-3,5-6H3/t14-,15-/m0/s1. The summed E-state index contributed by atoms with van der Waals surface area (Å²) in [6, 6.07) is 1.53. The lowest BCUT2D eigenvalue weighted by Crippen LogP contribution is -2.57. The van der Waals surface area contributed by atoms with Crippen molar-refractivity contribution in [3.8, 4) is 0 Å². The number of amides is 1. The molecule has 4 heterocycles. The first-order valence-corrected chi connectivity index (χ1v) is 14.0. The minimum absolute atomic E-state index is 0.142. The highest BCUT2D eigenvalue weighted by molar-refractivity contribution is 9.10. The van der Waals surface area contributed by atoms with Gasteiger partial charge in [-0.15, -0.1) is 5.10 Å². The summed E-state index contributed by atoms with van der Waals surface area (Å²) < 4.78 is 23.1. The van der Waals surface area contributed by atoms with E-state index in [1.165, 1.54) is 0 Å². The number of hydrogen-bond acceptors (Lipinski definition) is 7. The number of likely N-dealkylation sites (N-methyl/N-ethyl adjacent to an activating group) is 1. The van der Waals surface area contributed by atoms with Crippen molar-refractivity contribution in [2.24, 2.45) is 0 Å². The molecule has 2 saturated heterocycles. The molecule has 0 spiro atoms. The number of ether oxygens (including phenoxy) is 1. The lowest BCUT2D eigenvalue weighted by atomic mass is 9.97. The Morgan fingerprint density at radius 3 is 2.69 bits per heavy atom. The number of anilines is 1. The Balaban J connectivity index is 1.58. The average Bonchev–Trinajstić information content (AvgIpc) is 3.27. The van der Waals surface area contributed by atoms with E-state index in [2.05, 4.69) is 40.9 Å². The van der Waals surface area contributed by atoms with Crippen LogP contribution in [0.2, 0.25) is 5.02 Å². The van der Waals surface area contributed by atoms with Crippen molar-refractivity contribution >= 4 is 61.4 Å². The van der Waals surface area contributed by atoms with Crippen molar-refractivity contribution in [2.45, 2.75) is 57.3 Å². The van der Waals surface area contributed by atoms with E-state index in [1.54, 1.807) is 15.6 Å². The summed E-state index contributed by atoms with van der Waals surface area (Å²) in [7, 11) is 4.06. The number of fused-ring (bicyclic) bond motifs is 3. The monoisotopic (exact) mass is 620 g/mol. The molecule has 0 bridgehead atoms. The van der Waals surface area contributed by atoms with Crippen LogP contribution in [-0.4, -0.2) is 93.8 Å². The average molecular weight is 622 g/mol. The van der Waals surface area contributed by atoms with Gasteiger partial charge in [0, 0.05) is 31.1 Å². The van der Waals surface area contributed by atoms with Crippen molar-refractivity contribution in [3.05, 3.63) is 32.8 Å². The van der Waals surface area contributed by atoms with Gasteiger partial charge in [0.15, 0.2) is 17.2 Å². The zero-order chi connectivity index (χ0) is 28.2. The van der Waals surface area contributed by atoms with Crippen LogP contribution in [0.4, 0.5) is 15.0 Å². The van der Waals surface area contributed by atoms with E-state index in [-0.39, 0.29) is 33.6 Å². The molecule has 208 valence electrons. The fraction of sp³-hybridized carbons (Fsp3) is 0.577. The van der Waals surface area contributed by atoms with Gasteiger partial charge in [0.25, 0.3) is 0 Å². The molecule has 39 heavy (non-hydrogen) atoms. The molecule has 1 amide bonds. The van der Waals surface area contributed by atoms with E-state index >= 15 is 4.39 Å². The summed E-state index contributed by atoms with van der Waals surface area (Å²) in [5.41, 5.74) is 0.776. The van der Waals surface area contributed by atoms with E-state index in [4.69, 9.17) is 27.9 Å². The molecule has 1 aromatic carbocycles.